The number of rotatable bonds is 1. The summed E-state index contributed by atoms with van der Waals surface area (Å²) in [5.41, 5.74) is 1.69. The minimum absolute atomic E-state index is 0.0943. The van der Waals surface area contributed by atoms with Gasteiger partial charge in [0.15, 0.2) is 11.4 Å². The van der Waals surface area contributed by atoms with Crippen LogP contribution >= 0.6 is 0 Å². The Labute approximate surface area is 173 Å². The molecule has 0 N–H and O–H groups in total. The molecule has 0 radical (unpaired) electrons. The Morgan fingerprint density at radius 3 is 2.47 bits per heavy atom. The lowest BCUT2D eigenvalue weighted by atomic mass is 9.85. The molecule has 5 rings (SSSR count). The van der Waals surface area contributed by atoms with Crippen LogP contribution in [0.2, 0.25) is 0 Å². The molecule has 0 unspecified atom stereocenters. The number of ketones is 1. The lowest BCUT2D eigenvalue weighted by Gasteiger charge is -2.34. The zero-order valence-electron chi connectivity index (χ0n) is 17.3. The molecule has 0 saturated carbocycles. The van der Waals surface area contributed by atoms with Gasteiger partial charge in [0, 0.05) is 11.6 Å². The number of Topliss-reactive ketones (excluding diaryl/α,β-unsaturated/α-hetero) is 1. The zero-order valence-corrected chi connectivity index (χ0v) is 17.3. The van der Waals surface area contributed by atoms with Crippen LogP contribution in [-0.2, 0) is 0 Å². The Bertz CT molecular complexity index is 1280. The van der Waals surface area contributed by atoms with Crippen molar-refractivity contribution in [1.29, 1.82) is 0 Å². The summed E-state index contributed by atoms with van der Waals surface area (Å²) in [4.78, 5) is 25.8. The average molecular weight is 402 g/mol. The Morgan fingerprint density at radius 2 is 1.73 bits per heavy atom. The third kappa shape index (κ3) is 2.69. The first kappa shape index (κ1) is 18.7. The predicted octanol–water partition coefficient (Wildman–Crippen LogP) is 5.24. The normalized spacial score (nSPS) is 21.5. The fraction of sp³-hybridized carbons (Fsp3) is 0.280. The second-order valence-electron chi connectivity index (χ2n) is 8.51. The third-order valence-electron chi connectivity index (χ3n) is 5.90. The molecule has 3 aromatic rings. The summed E-state index contributed by atoms with van der Waals surface area (Å²) in [5, 5.41) is 0.616. The van der Waals surface area contributed by atoms with Crippen molar-refractivity contribution >= 4 is 22.8 Å². The molecule has 0 spiro atoms. The van der Waals surface area contributed by atoms with Crippen molar-refractivity contribution in [2.45, 2.75) is 39.4 Å². The number of fused-ring (bicyclic) bond motifs is 6. The van der Waals surface area contributed by atoms with Gasteiger partial charge in [0.1, 0.15) is 28.8 Å². The van der Waals surface area contributed by atoms with Gasteiger partial charge in [-0.25, -0.2) is 4.79 Å². The van der Waals surface area contributed by atoms with Crippen LogP contribution in [0.15, 0.2) is 51.7 Å². The number of hydrogen-bond acceptors (Lipinski definition) is 5. The highest BCUT2D eigenvalue weighted by Gasteiger charge is 2.39. The van der Waals surface area contributed by atoms with Crippen LogP contribution in [0.25, 0.3) is 28.2 Å². The molecule has 3 heterocycles. The molecule has 0 amide bonds. The largest absolute Gasteiger partial charge is 0.488 e. The number of benzene rings is 2. The average Bonchev–Trinajstić information content (AvgIpc) is 2.71. The Morgan fingerprint density at radius 1 is 1.00 bits per heavy atom. The summed E-state index contributed by atoms with van der Waals surface area (Å²) in [7, 11) is 0. The standard InChI is InChI=1S/C25H22O5/c1-13-14(2)28-22-16-10-11-25(3,4)30-23(16)19-17(15-8-6-5-7-9-15)12-18(26)29-24(19)20(22)21(13)27/h5-14H,1-4H3/t13-,14-/m0/s1. The van der Waals surface area contributed by atoms with Crippen molar-refractivity contribution in [1.82, 2.24) is 0 Å². The first-order valence-corrected chi connectivity index (χ1v) is 10.1. The molecule has 0 aliphatic carbocycles. The first-order valence-electron chi connectivity index (χ1n) is 10.1. The summed E-state index contributed by atoms with van der Waals surface area (Å²) in [6.45, 7) is 7.61. The number of ether oxygens (including phenoxy) is 2. The lowest BCUT2D eigenvalue weighted by molar-refractivity contribution is 0.0728. The van der Waals surface area contributed by atoms with Crippen molar-refractivity contribution in [3.8, 4) is 22.6 Å². The molecule has 5 nitrogen and oxygen atoms in total. The van der Waals surface area contributed by atoms with Crippen LogP contribution in [-0.4, -0.2) is 17.5 Å². The molecule has 0 saturated heterocycles. The van der Waals surface area contributed by atoms with Gasteiger partial charge in [-0.2, -0.15) is 0 Å². The van der Waals surface area contributed by atoms with E-state index in [2.05, 4.69) is 0 Å². The van der Waals surface area contributed by atoms with Gasteiger partial charge in [0.2, 0.25) is 0 Å². The van der Waals surface area contributed by atoms with E-state index in [1.54, 1.807) is 0 Å². The molecule has 2 atom stereocenters. The zero-order chi connectivity index (χ0) is 21.2. The molecule has 5 heteroatoms. The predicted molar refractivity (Wildman–Crippen MR) is 115 cm³/mol. The maximum atomic E-state index is 13.3. The minimum Gasteiger partial charge on any atom is -0.488 e. The molecule has 30 heavy (non-hydrogen) atoms. The number of carbonyl (C=O) groups is 1. The summed E-state index contributed by atoms with van der Waals surface area (Å²) < 4.78 is 18.2. The monoisotopic (exact) mass is 402 g/mol. The fourth-order valence-corrected chi connectivity index (χ4v) is 4.13. The highest BCUT2D eigenvalue weighted by Crippen LogP contribution is 2.50. The van der Waals surface area contributed by atoms with Gasteiger partial charge < -0.3 is 13.9 Å². The molecule has 2 aromatic carbocycles. The van der Waals surface area contributed by atoms with Crippen LogP contribution in [0.5, 0.6) is 11.5 Å². The second kappa shape index (κ2) is 6.33. The van der Waals surface area contributed by atoms with E-state index in [1.165, 1.54) is 6.07 Å². The fourth-order valence-electron chi connectivity index (χ4n) is 4.13. The Hall–Kier alpha value is -3.34. The van der Waals surface area contributed by atoms with Crippen LogP contribution in [0.1, 0.15) is 43.6 Å². The van der Waals surface area contributed by atoms with Gasteiger partial charge in [0.05, 0.1) is 16.9 Å². The lowest BCUT2D eigenvalue weighted by Crippen LogP contribution is -2.35. The van der Waals surface area contributed by atoms with E-state index in [4.69, 9.17) is 13.9 Å². The van der Waals surface area contributed by atoms with Crippen molar-refractivity contribution in [3.05, 3.63) is 64.0 Å². The molecule has 152 valence electrons. The first-order chi connectivity index (χ1) is 14.3. The molecule has 0 fully saturated rings. The van der Waals surface area contributed by atoms with Crippen LogP contribution in [0.3, 0.4) is 0 Å². The van der Waals surface area contributed by atoms with E-state index in [0.717, 1.165) is 5.56 Å². The quantitative estimate of drug-likeness (QED) is 0.521. The minimum atomic E-state index is -0.560. The van der Waals surface area contributed by atoms with Gasteiger partial charge in [-0.3, -0.25) is 4.79 Å². The highest BCUT2D eigenvalue weighted by molar-refractivity contribution is 6.16. The van der Waals surface area contributed by atoms with E-state index in [9.17, 15) is 9.59 Å². The molecule has 1 aromatic heterocycles. The van der Waals surface area contributed by atoms with E-state index in [0.29, 0.717) is 33.6 Å². The topological polar surface area (TPSA) is 65.7 Å². The van der Waals surface area contributed by atoms with Gasteiger partial charge >= 0.3 is 5.63 Å². The Balaban J connectivity index is 1.99. The summed E-state index contributed by atoms with van der Waals surface area (Å²) in [6, 6.07) is 11.0. The van der Waals surface area contributed by atoms with E-state index >= 15 is 0 Å². The second-order valence-corrected chi connectivity index (χ2v) is 8.51. The third-order valence-corrected chi connectivity index (χ3v) is 5.90. The molecular formula is C25H22O5. The highest BCUT2D eigenvalue weighted by atomic mass is 16.5. The molecule has 2 aliphatic rings. The number of carbonyl (C=O) groups excluding carboxylic acids is 1. The van der Waals surface area contributed by atoms with E-state index < -0.39 is 11.2 Å². The molecule has 0 bridgehead atoms. The van der Waals surface area contributed by atoms with Gasteiger partial charge in [-0.15, -0.1) is 0 Å². The smallest absolute Gasteiger partial charge is 0.336 e. The van der Waals surface area contributed by atoms with Crippen molar-refractivity contribution in [2.75, 3.05) is 0 Å². The van der Waals surface area contributed by atoms with E-state index in [-0.39, 0.29) is 23.4 Å². The summed E-state index contributed by atoms with van der Waals surface area (Å²) in [6.07, 6.45) is 3.59. The summed E-state index contributed by atoms with van der Waals surface area (Å²) in [5.74, 6) is 0.541. The van der Waals surface area contributed by atoms with E-state index in [1.807, 2.05) is 70.2 Å². The van der Waals surface area contributed by atoms with Crippen LogP contribution < -0.4 is 15.1 Å². The molecular weight excluding hydrogens is 380 g/mol. The SMILES string of the molecule is C[C@@H]1Oc2c3c(c4c(-c5ccccc5)cc(=O)oc4c2C(=O)[C@H]1C)OC(C)(C)C=C3. The van der Waals surface area contributed by atoms with Crippen molar-refractivity contribution in [2.24, 2.45) is 5.92 Å². The maximum Gasteiger partial charge on any atom is 0.336 e. The van der Waals surface area contributed by atoms with Crippen molar-refractivity contribution in [3.63, 3.8) is 0 Å². The van der Waals surface area contributed by atoms with Crippen LogP contribution in [0, 0.1) is 5.92 Å². The van der Waals surface area contributed by atoms with Crippen molar-refractivity contribution < 1.29 is 18.7 Å². The molecule has 2 aliphatic heterocycles. The maximum absolute atomic E-state index is 13.3. The van der Waals surface area contributed by atoms with Gasteiger partial charge in [-0.05, 0) is 38.5 Å². The number of hydrogen-bond donors (Lipinski definition) is 0. The van der Waals surface area contributed by atoms with Crippen LogP contribution in [0.4, 0.5) is 0 Å². The van der Waals surface area contributed by atoms with Gasteiger partial charge in [-0.1, -0.05) is 37.3 Å². The summed E-state index contributed by atoms with van der Waals surface area (Å²) >= 11 is 0. The Kier molecular flexibility index (Phi) is 3.94. The van der Waals surface area contributed by atoms with Gasteiger partial charge in [0.25, 0.3) is 0 Å².